The van der Waals surface area contributed by atoms with Crippen LogP contribution in [-0.4, -0.2) is 25.5 Å². The normalized spacial score (nSPS) is 10.9. The van der Waals surface area contributed by atoms with Crippen molar-refractivity contribution in [2.24, 2.45) is 10.8 Å². The van der Waals surface area contributed by atoms with Crippen LogP contribution in [-0.2, 0) is 0 Å². The molecule has 0 aromatic heterocycles. The molecule has 0 saturated carbocycles. The van der Waals surface area contributed by atoms with Crippen LogP contribution >= 0.6 is 0 Å². The molecule has 26 heavy (non-hydrogen) atoms. The van der Waals surface area contributed by atoms with E-state index < -0.39 is 6.03 Å². The van der Waals surface area contributed by atoms with Crippen molar-refractivity contribution in [3.8, 4) is 11.5 Å². The molecule has 2 amide bonds. The third kappa shape index (κ3) is 6.12. The molecule has 6 nitrogen and oxygen atoms in total. The number of amides is 2. The van der Waals surface area contributed by atoms with Gasteiger partial charge in [-0.2, -0.15) is 5.10 Å². The maximum atomic E-state index is 10.5. The molecule has 0 radical (unpaired) electrons. The van der Waals surface area contributed by atoms with Crippen molar-refractivity contribution >= 4 is 12.2 Å². The van der Waals surface area contributed by atoms with Gasteiger partial charge in [0, 0.05) is 0 Å². The summed E-state index contributed by atoms with van der Waals surface area (Å²) in [4.78, 5) is 10.5. The Kier molecular flexibility index (Phi) is 7.02. The molecule has 0 heterocycles. The Morgan fingerprint density at radius 2 is 1.85 bits per heavy atom. The third-order valence-electron chi connectivity index (χ3n) is 3.67. The number of hydrogen-bond acceptors (Lipinski definition) is 4. The van der Waals surface area contributed by atoms with Crippen LogP contribution in [0.5, 0.6) is 11.5 Å². The van der Waals surface area contributed by atoms with E-state index in [1.165, 1.54) is 17.3 Å². The SMILES string of the molecule is Cc1ccc(C(C)C)c(OCCOc2ccc(/C=N\NC(N)=O)cc2)c1. The standard InChI is InChI=1S/C20H25N3O3/c1-14(2)18-9-4-15(3)12-19(18)26-11-10-25-17-7-5-16(6-8-17)13-22-23-20(21)24/h4-9,12-14H,10-11H2,1-3H3,(H3,21,23,24)/b22-13-. The van der Waals surface area contributed by atoms with Crippen molar-refractivity contribution in [1.29, 1.82) is 0 Å². The molecular weight excluding hydrogens is 330 g/mol. The minimum Gasteiger partial charge on any atom is -0.490 e. The Labute approximate surface area is 154 Å². The lowest BCUT2D eigenvalue weighted by Gasteiger charge is -2.15. The van der Waals surface area contributed by atoms with Gasteiger partial charge in [0.15, 0.2) is 0 Å². The monoisotopic (exact) mass is 355 g/mol. The van der Waals surface area contributed by atoms with E-state index in [1.54, 1.807) is 0 Å². The second kappa shape index (κ2) is 9.46. The third-order valence-corrected chi connectivity index (χ3v) is 3.67. The summed E-state index contributed by atoms with van der Waals surface area (Å²) in [7, 11) is 0. The first-order chi connectivity index (χ1) is 12.5. The fourth-order valence-corrected chi connectivity index (χ4v) is 2.38. The Morgan fingerprint density at radius 1 is 1.15 bits per heavy atom. The van der Waals surface area contributed by atoms with Gasteiger partial charge in [-0.05, 0) is 59.9 Å². The Balaban J connectivity index is 1.82. The first kappa shape index (κ1) is 19.3. The van der Waals surface area contributed by atoms with Crippen molar-refractivity contribution in [3.05, 3.63) is 59.2 Å². The van der Waals surface area contributed by atoms with Crippen LogP contribution in [0.4, 0.5) is 4.79 Å². The molecule has 2 rings (SSSR count). The zero-order valence-electron chi connectivity index (χ0n) is 15.4. The minimum absolute atomic E-state index is 0.407. The molecule has 0 spiro atoms. The van der Waals surface area contributed by atoms with Crippen molar-refractivity contribution in [1.82, 2.24) is 5.43 Å². The maximum Gasteiger partial charge on any atom is 0.332 e. The first-order valence-electron chi connectivity index (χ1n) is 8.50. The van der Waals surface area contributed by atoms with Crippen molar-refractivity contribution < 1.29 is 14.3 Å². The van der Waals surface area contributed by atoms with Gasteiger partial charge >= 0.3 is 6.03 Å². The van der Waals surface area contributed by atoms with Gasteiger partial charge < -0.3 is 15.2 Å². The van der Waals surface area contributed by atoms with E-state index in [2.05, 4.69) is 49.5 Å². The number of carbonyl (C=O) groups is 1. The number of nitrogens with two attached hydrogens (primary N) is 1. The average molecular weight is 355 g/mol. The lowest BCUT2D eigenvalue weighted by Crippen LogP contribution is -2.24. The summed E-state index contributed by atoms with van der Waals surface area (Å²) in [6.07, 6.45) is 1.50. The van der Waals surface area contributed by atoms with Crippen LogP contribution in [0.15, 0.2) is 47.6 Å². The molecule has 2 aromatic carbocycles. The van der Waals surface area contributed by atoms with Gasteiger partial charge in [0.05, 0.1) is 6.21 Å². The van der Waals surface area contributed by atoms with Crippen molar-refractivity contribution in [3.63, 3.8) is 0 Å². The Hall–Kier alpha value is -3.02. The molecule has 0 atom stereocenters. The van der Waals surface area contributed by atoms with Crippen LogP contribution in [0.3, 0.4) is 0 Å². The molecule has 0 bridgehead atoms. The molecule has 0 aliphatic rings. The number of hydrogen-bond donors (Lipinski definition) is 2. The van der Waals surface area contributed by atoms with E-state index >= 15 is 0 Å². The quantitative estimate of drug-likeness (QED) is 0.431. The fraction of sp³-hybridized carbons (Fsp3) is 0.300. The largest absolute Gasteiger partial charge is 0.490 e. The number of primary amides is 1. The maximum absolute atomic E-state index is 10.5. The molecular formula is C20H25N3O3. The summed E-state index contributed by atoms with van der Waals surface area (Å²) >= 11 is 0. The van der Waals surface area contributed by atoms with Gasteiger partial charge in [0.25, 0.3) is 0 Å². The topological polar surface area (TPSA) is 85.9 Å². The summed E-state index contributed by atoms with van der Waals surface area (Å²) in [5, 5.41) is 3.70. The van der Waals surface area contributed by atoms with Crippen LogP contribution < -0.4 is 20.6 Å². The van der Waals surface area contributed by atoms with Gasteiger partial charge in [0.2, 0.25) is 0 Å². The second-order valence-electron chi connectivity index (χ2n) is 6.20. The highest BCUT2D eigenvalue weighted by molar-refractivity contribution is 5.81. The number of benzene rings is 2. The summed E-state index contributed by atoms with van der Waals surface area (Å²) < 4.78 is 11.6. The van der Waals surface area contributed by atoms with E-state index in [0.717, 1.165) is 17.1 Å². The van der Waals surface area contributed by atoms with E-state index in [4.69, 9.17) is 15.2 Å². The first-order valence-corrected chi connectivity index (χ1v) is 8.50. The van der Waals surface area contributed by atoms with E-state index in [9.17, 15) is 4.79 Å². The molecule has 2 aromatic rings. The number of aryl methyl sites for hydroxylation is 1. The van der Waals surface area contributed by atoms with Crippen LogP contribution in [0, 0.1) is 6.92 Å². The molecule has 0 saturated heterocycles. The molecule has 0 fully saturated rings. The number of carbonyl (C=O) groups excluding carboxylic acids is 1. The summed E-state index contributed by atoms with van der Waals surface area (Å²) in [5.74, 6) is 2.06. The van der Waals surface area contributed by atoms with Gasteiger partial charge in [-0.3, -0.25) is 0 Å². The predicted molar refractivity (Wildman–Crippen MR) is 103 cm³/mol. The second-order valence-corrected chi connectivity index (χ2v) is 6.20. The minimum atomic E-state index is -0.699. The van der Waals surface area contributed by atoms with Gasteiger partial charge in [-0.25, -0.2) is 10.2 Å². The molecule has 0 aliphatic carbocycles. The summed E-state index contributed by atoms with van der Waals surface area (Å²) in [5.41, 5.74) is 10.3. The number of ether oxygens (including phenoxy) is 2. The molecule has 0 aliphatic heterocycles. The van der Waals surface area contributed by atoms with Crippen LogP contribution in [0.25, 0.3) is 0 Å². The van der Waals surface area contributed by atoms with E-state index in [0.29, 0.717) is 19.1 Å². The summed E-state index contributed by atoms with van der Waals surface area (Å²) in [6.45, 7) is 7.27. The number of rotatable bonds is 8. The molecule has 138 valence electrons. The number of urea groups is 1. The molecule has 6 heteroatoms. The highest BCUT2D eigenvalue weighted by Crippen LogP contribution is 2.27. The Bertz CT molecular complexity index is 755. The average Bonchev–Trinajstić information content (AvgIpc) is 2.59. The lowest BCUT2D eigenvalue weighted by molar-refractivity contribution is 0.215. The number of nitrogens with zero attached hydrogens (tertiary/aromatic N) is 1. The van der Waals surface area contributed by atoms with Gasteiger partial charge in [-0.15, -0.1) is 0 Å². The van der Waals surface area contributed by atoms with E-state index in [1.807, 2.05) is 24.3 Å². The highest BCUT2D eigenvalue weighted by atomic mass is 16.5. The van der Waals surface area contributed by atoms with Crippen molar-refractivity contribution in [2.45, 2.75) is 26.7 Å². The zero-order chi connectivity index (χ0) is 18.9. The molecule has 0 unspecified atom stereocenters. The van der Waals surface area contributed by atoms with Gasteiger partial charge in [-0.1, -0.05) is 26.0 Å². The number of hydrazone groups is 1. The number of nitrogens with one attached hydrogen (secondary N) is 1. The smallest absolute Gasteiger partial charge is 0.332 e. The predicted octanol–water partition coefficient (Wildman–Crippen LogP) is 3.58. The van der Waals surface area contributed by atoms with Gasteiger partial charge in [0.1, 0.15) is 24.7 Å². The van der Waals surface area contributed by atoms with Crippen LogP contribution in [0.2, 0.25) is 0 Å². The lowest BCUT2D eigenvalue weighted by atomic mass is 10.0. The zero-order valence-corrected chi connectivity index (χ0v) is 15.4. The Morgan fingerprint density at radius 3 is 2.50 bits per heavy atom. The van der Waals surface area contributed by atoms with E-state index in [-0.39, 0.29) is 0 Å². The summed E-state index contributed by atoms with van der Waals surface area (Å²) in [6, 6.07) is 12.9. The molecule has 3 N–H and O–H groups in total. The highest BCUT2D eigenvalue weighted by Gasteiger charge is 2.08. The van der Waals surface area contributed by atoms with Crippen molar-refractivity contribution in [2.75, 3.05) is 13.2 Å². The van der Waals surface area contributed by atoms with Crippen LogP contribution in [0.1, 0.15) is 36.5 Å². The fourth-order valence-electron chi connectivity index (χ4n) is 2.38.